The van der Waals surface area contributed by atoms with Crippen LogP contribution in [0.15, 0.2) is 12.2 Å². The lowest BCUT2D eigenvalue weighted by atomic mass is 10.2. The van der Waals surface area contributed by atoms with Crippen molar-refractivity contribution in [1.29, 1.82) is 0 Å². The Morgan fingerprint density at radius 2 is 2.23 bits per heavy atom. The Morgan fingerprint density at radius 3 is 2.85 bits per heavy atom. The summed E-state index contributed by atoms with van der Waals surface area (Å²) in [5, 5.41) is 0. The topological polar surface area (TPSA) is 26.3 Å². The average molecular weight is 180 g/mol. The Balaban J connectivity index is 3.13. The summed E-state index contributed by atoms with van der Waals surface area (Å²) in [7, 11) is 0. The number of carbonyl (C=O) groups is 1. The van der Waals surface area contributed by atoms with Gasteiger partial charge in [0.25, 0.3) is 0 Å². The highest BCUT2D eigenvalue weighted by molar-refractivity contribution is 5.65. The fraction of sp³-hybridized carbons (Fsp3) is 0.545. The van der Waals surface area contributed by atoms with E-state index < -0.39 is 0 Å². The second-order valence-corrected chi connectivity index (χ2v) is 2.72. The van der Waals surface area contributed by atoms with Gasteiger partial charge in [0, 0.05) is 13.3 Å². The molecule has 0 aromatic carbocycles. The van der Waals surface area contributed by atoms with Crippen molar-refractivity contribution in [3.63, 3.8) is 0 Å². The minimum Gasteiger partial charge on any atom is -0.462 e. The van der Waals surface area contributed by atoms with E-state index in [2.05, 4.69) is 5.92 Å². The van der Waals surface area contributed by atoms with Gasteiger partial charge in [-0.25, -0.2) is 0 Å². The van der Waals surface area contributed by atoms with Crippen LogP contribution < -0.4 is 0 Å². The van der Waals surface area contributed by atoms with E-state index in [1.807, 2.05) is 12.2 Å². The van der Waals surface area contributed by atoms with Crippen LogP contribution in [0.4, 0.5) is 0 Å². The average Bonchev–Trinajstić information content (AvgIpc) is 2.09. The van der Waals surface area contributed by atoms with Crippen LogP contribution in [0.2, 0.25) is 0 Å². The number of carbonyl (C=O) groups excluding carboxylic acids is 1. The number of esters is 1. The Labute approximate surface area is 80.0 Å². The van der Waals surface area contributed by atoms with Gasteiger partial charge in [-0.3, -0.25) is 4.79 Å². The predicted octanol–water partition coefficient (Wildman–Crippen LogP) is 2.30. The van der Waals surface area contributed by atoms with E-state index in [1.165, 1.54) is 6.92 Å². The summed E-state index contributed by atoms with van der Waals surface area (Å²) in [6.45, 7) is 1.78. The molecule has 72 valence electrons. The first-order valence-electron chi connectivity index (χ1n) is 4.49. The molecule has 0 fully saturated rings. The van der Waals surface area contributed by atoms with Crippen LogP contribution in [0.1, 0.15) is 32.6 Å². The Bertz CT molecular complexity index is 199. The van der Waals surface area contributed by atoms with E-state index >= 15 is 0 Å². The van der Waals surface area contributed by atoms with Crippen molar-refractivity contribution < 1.29 is 9.53 Å². The molecule has 0 aliphatic heterocycles. The molecule has 0 unspecified atom stereocenters. The lowest BCUT2D eigenvalue weighted by Crippen LogP contribution is -1.97. The normalized spacial score (nSPS) is 9.85. The molecule has 0 radical (unpaired) electrons. The zero-order valence-electron chi connectivity index (χ0n) is 8.08. The summed E-state index contributed by atoms with van der Waals surface area (Å²) in [5.41, 5.74) is 0. The maximum Gasteiger partial charge on any atom is 0.302 e. The minimum absolute atomic E-state index is 0.239. The molecule has 0 aliphatic rings. The van der Waals surface area contributed by atoms with Crippen LogP contribution >= 0.6 is 0 Å². The molecule has 0 aromatic heterocycles. The van der Waals surface area contributed by atoms with Gasteiger partial charge in [0.15, 0.2) is 0 Å². The molecule has 0 aliphatic carbocycles. The van der Waals surface area contributed by atoms with Gasteiger partial charge in [-0.05, 0) is 19.3 Å². The number of unbranched alkanes of at least 4 members (excludes halogenated alkanes) is 3. The largest absolute Gasteiger partial charge is 0.462 e. The zero-order chi connectivity index (χ0) is 9.94. The lowest BCUT2D eigenvalue weighted by molar-refractivity contribution is -0.139. The van der Waals surface area contributed by atoms with Crippen molar-refractivity contribution >= 4 is 5.97 Å². The molecule has 0 saturated heterocycles. The number of terminal acetylenes is 1. The Hall–Kier alpha value is -1.23. The van der Waals surface area contributed by atoms with Gasteiger partial charge in [0.1, 0.15) is 6.61 Å². The Kier molecular flexibility index (Phi) is 8.02. The maximum absolute atomic E-state index is 10.3. The number of ether oxygens (including phenoxy) is 1. The summed E-state index contributed by atoms with van der Waals surface area (Å²) in [6.07, 6.45) is 13.0. The molecular weight excluding hydrogens is 164 g/mol. The molecule has 0 aromatic rings. The van der Waals surface area contributed by atoms with Crippen LogP contribution in [0, 0.1) is 12.3 Å². The first kappa shape index (κ1) is 11.8. The zero-order valence-corrected chi connectivity index (χ0v) is 8.08. The smallest absolute Gasteiger partial charge is 0.302 e. The quantitative estimate of drug-likeness (QED) is 0.271. The molecule has 0 rings (SSSR count). The van der Waals surface area contributed by atoms with Crippen LogP contribution in [0.25, 0.3) is 0 Å². The highest BCUT2D eigenvalue weighted by Crippen LogP contribution is 1.99. The molecule has 13 heavy (non-hydrogen) atoms. The molecule has 2 heteroatoms. The molecule has 0 bridgehead atoms. The molecule has 0 N–H and O–H groups in total. The third-order valence-electron chi connectivity index (χ3n) is 1.49. The van der Waals surface area contributed by atoms with Crippen LogP contribution in [0.5, 0.6) is 0 Å². The van der Waals surface area contributed by atoms with E-state index in [4.69, 9.17) is 11.2 Å². The first-order valence-corrected chi connectivity index (χ1v) is 4.49. The third kappa shape index (κ3) is 10.8. The predicted molar refractivity (Wildman–Crippen MR) is 53.1 cm³/mol. The van der Waals surface area contributed by atoms with E-state index in [1.54, 1.807) is 0 Å². The van der Waals surface area contributed by atoms with Gasteiger partial charge < -0.3 is 4.74 Å². The molecule has 0 saturated carbocycles. The maximum atomic E-state index is 10.3. The van der Waals surface area contributed by atoms with Crippen molar-refractivity contribution in [1.82, 2.24) is 0 Å². The van der Waals surface area contributed by atoms with Crippen molar-refractivity contribution in [3.05, 3.63) is 12.2 Å². The van der Waals surface area contributed by atoms with E-state index in [-0.39, 0.29) is 5.97 Å². The van der Waals surface area contributed by atoms with E-state index in [9.17, 15) is 4.79 Å². The highest BCUT2D eigenvalue weighted by Gasteiger charge is 1.86. The van der Waals surface area contributed by atoms with Crippen LogP contribution in [-0.4, -0.2) is 12.6 Å². The molecule has 0 amide bonds. The fourth-order valence-electron chi connectivity index (χ4n) is 0.841. The van der Waals surface area contributed by atoms with Gasteiger partial charge in [0.05, 0.1) is 0 Å². The summed E-state index contributed by atoms with van der Waals surface area (Å²) in [6, 6.07) is 0. The number of hydrogen-bond acceptors (Lipinski definition) is 2. The number of rotatable bonds is 6. The second-order valence-electron chi connectivity index (χ2n) is 2.72. The van der Waals surface area contributed by atoms with Crippen LogP contribution in [0.3, 0.4) is 0 Å². The van der Waals surface area contributed by atoms with Gasteiger partial charge in [0.2, 0.25) is 0 Å². The molecular formula is C11H16O2. The summed E-state index contributed by atoms with van der Waals surface area (Å²) in [4.78, 5) is 10.3. The standard InChI is InChI=1S/C11H16O2/c1-3-4-5-6-7-8-9-10-13-11(2)12/h1,8-9H,4-7,10H2,2H3/b9-8+. The molecule has 2 nitrogen and oxygen atoms in total. The third-order valence-corrected chi connectivity index (χ3v) is 1.49. The Morgan fingerprint density at radius 1 is 1.46 bits per heavy atom. The minimum atomic E-state index is -0.239. The summed E-state index contributed by atoms with van der Waals surface area (Å²) >= 11 is 0. The van der Waals surface area contributed by atoms with Crippen molar-refractivity contribution in [2.45, 2.75) is 32.6 Å². The van der Waals surface area contributed by atoms with E-state index in [0.29, 0.717) is 6.61 Å². The van der Waals surface area contributed by atoms with Gasteiger partial charge in [-0.15, -0.1) is 12.3 Å². The van der Waals surface area contributed by atoms with E-state index in [0.717, 1.165) is 25.7 Å². The van der Waals surface area contributed by atoms with Gasteiger partial charge in [-0.2, -0.15) is 0 Å². The first-order chi connectivity index (χ1) is 6.27. The highest BCUT2D eigenvalue weighted by atomic mass is 16.5. The summed E-state index contributed by atoms with van der Waals surface area (Å²) < 4.78 is 4.71. The molecule has 0 spiro atoms. The van der Waals surface area contributed by atoms with Crippen molar-refractivity contribution in [2.24, 2.45) is 0 Å². The summed E-state index contributed by atoms with van der Waals surface area (Å²) in [5.74, 6) is 2.35. The van der Waals surface area contributed by atoms with Crippen molar-refractivity contribution in [2.75, 3.05) is 6.61 Å². The number of allylic oxidation sites excluding steroid dienone is 1. The van der Waals surface area contributed by atoms with Crippen LogP contribution in [-0.2, 0) is 9.53 Å². The second kappa shape index (κ2) is 8.86. The fourth-order valence-corrected chi connectivity index (χ4v) is 0.841. The number of hydrogen-bond donors (Lipinski definition) is 0. The monoisotopic (exact) mass is 180 g/mol. The van der Waals surface area contributed by atoms with Gasteiger partial charge in [-0.1, -0.05) is 12.2 Å². The van der Waals surface area contributed by atoms with Crippen molar-refractivity contribution in [3.8, 4) is 12.3 Å². The van der Waals surface area contributed by atoms with Gasteiger partial charge >= 0.3 is 5.97 Å². The lowest BCUT2D eigenvalue weighted by Gasteiger charge is -1.94. The molecule has 0 atom stereocenters. The SMILES string of the molecule is C#CCCCC/C=C/COC(C)=O. The molecule has 0 heterocycles.